The number of nitriles is 1. The van der Waals surface area contributed by atoms with E-state index in [1.54, 1.807) is 0 Å². The molecule has 0 unspecified atom stereocenters. The summed E-state index contributed by atoms with van der Waals surface area (Å²) >= 11 is 0. The zero-order valence-electron chi connectivity index (χ0n) is 11.4. The Morgan fingerprint density at radius 1 is 1.33 bits per heavy atom. The van der Waals surface area contributed by atoms with E-state index in [2.05, 4.69) is 4.98 Å². The average Bonchev–Trinajstić information content (AvgIpc) is 2.95. The minimum Gasteiger partial charge on any atom is -0.346 e. The van der Waals surface area contributed by atoms with Gasteiger partial charge in [0.2, 0.25) is 10.0 Å². The van der Waals surface area contributed by atoms with Gasteiger partial charge in [-0.3, -0.25) is 0 Å². The third-order valence-electron chi connectivity index (χ3n) is 3.68. The molecule has 0 atom stereocenters. The first-order chi connectivity index (χ1) is 10.1. The molecule has 8 heteroatoms. The summed E-state index contributed by atoms with van der Waals surface area (Å²) in [7, 11) is -3.65. The summed E-state index contributed by atoms with van der Waals surface area (Å²) in [5.74, 6) is -0.800. The molecule has 0 radical (unpaired) electrons. The van der Waals surface area contributed by atoms with Gasteiger partial charge >= 0.3 is 0 Å². The molecule has 0 saturated carbocycles. The standard InChI is InChI=1S/C13H15N3O4S/c14-8-11-2-3-12(9-15-11)21(17,18)16-5-1-4-13(10-16)19-6-7-20-13/h2-3,9H,1,4-7,10H2. The molecule has 1 aromatic heterocycles. The van der Waals surface area contributed by atoms with Crippen molar-refractivity contribution in [2.75, 3.05) is 26.3 Å². The molecule has 0 aromatic carbocycles. The lowest BCUT2D eigenvalue weighted by molar-refractivity contribution is -0.179. The number of sulfonamides is 1. The second kappa shape index (κ2) is 5.35. The van der Waals surface area contributed by atoms with Crippen LogP contribution in [0.3, 0.4) is 0 Å². The molecule has 7 nitrogen and oxygen atoms in total. The van der Waals surface area contributed by atoms with Crippen molar-refractivity contribution in [3.63, 3.8) is 0 Å². The van der Waals surface area contributed by atoms with Gasteiger partial charge in [0, 0.05) is 19.2 Å². The zero-order chi connectivity index (χ0) is 14.9. The maximum atomic E-state index is 12.6. The summed E-state index contributed by atoms with van der Waals surface area (Å²) in [6.07, 6.45) is 2.60. The molecule has 3 rings (SSSR count). The summed E-state index contributed by atoms with van der Waals surface area (Å²) < 4.78 is 37.8. The molecule has 21 heavy (non-hydrogen) atoms. The van der Waals surface area contributed by atoms with Gasteiger partial charge < -0.3 is 9.47 Å². The predicted molar refractivity (Wildman–Crippen MR) is 71.6 cm³/mol. The van der Waals surface area contributed by atoms with Gasteiger partial charge in [0.25, 0.3) is 0 Å². The fraction of sp³-hybridized carbons (Fsp3) is 0.538. The first-order valence-electron chi connectivity index (χ1n) is 6.70. The lowest BCUT2D eigenvalue weighted by Gasteiger charge is -2.37. The second-order valence-corrected chi connectivity index (χ2v) is 6.98. The molecule has 2 saturated heterocycles. The molecule has 1 spiro atoms. The molecule has 0 aliphatic carbocycles. The van der Waals surface area contributed by atoms with Crippen LogP contribution >= 0.6 is 0 Å². The molecule has 0 amide bonds. The van der Waals surface area contributed by atoms with E-state index in [1.165, 1.54) is 22.6 Å². The van der Waals surface area contributed by atoms with Crippen LogP contribution in [0.2, 0.25) is 0 Å². The summed E-state index contributed by atoms with van der Waals surface area (Å²) in [5.41, 5.74) is 0.187. The van der Waals surface area contributed by atoms with E-state index in [9.17, 15) is 8.42 Å². The lowest BCUT2D eigenvalue weighted by Crippen LogP contribution is -2.50. The second-order valence-electron chi connectivity index (χ2n) is 5.04. The Balaban J connectivity index is 1.85. The van der Waals surface area contributed by atoms with Gasteiger partial charge in [-0.15, -0.1) is 0 Å². The molecular formula is C13H15N3O4S. The largest absolute Gasteiger partial charge is 0.346 e. The predicted octanol–water partition coefficient (Wildman–Crippen LogP) is 0.481. The van der Waals surface area contributed by atoms with Crippen LogP contribution in [0.1, 0.15) is 18.5 Å². The Bertz CT molecular complexity index is 660. The summed E-state index contributed by atoms with van der Waals surface area (Å²) in [6, 6.07) is 4.66. The fourth-order valence-corrected chi connectivity index (χ4v) is 4.10. The van der Waals surface area contributed by atoms with E-state index < -0.39 is 15.8 Å². The third-order valence-corrected chi connectivity index (χ3v) is 5.51. The van der Waals surface area contributed by atoms with E-state index in [4.69, 9.17) is 14.7 Å². The van der Waals surface area contributed by atoms with Gasteiger partial charge in [0.1, 0.15) is 16.7 Å². The van der Waals surface area contributed by atoms with Crippen LogP contribution in [0.5, 0.6) is 0 Å². The Labute approximate surface area is 123 Å². The van der Waals surface area contributed by atoms with Crippen molar-refractivity contribution in [2.24, 2.45) is 0 Å². The number of rotatable bonds is 2. The van der Waals surface area contributed by atoms with Crippen molar-refractivity contribution in [3.8, 4) is 6.07 Å². The summed E-state index contributed by atoms with van der Waals surface area (Å²) in [4.78, 5) is 3.90. The van der Waals surface area contributed by atoms with E-state index in [0.29, 0.717) is 32.6 Å². The quantitative estimate of drug-likeness (QED) is 0.789. The van der Waals surface area contributed by atoms with E-state index in [0.717, 1.165) is 0 Å². The van der Waals surface area contributed by atoms with Gasteiger partial charge in [0.05, 0.1) is 19.8 Å². The van der Waals surface area contributed by atoms with Crippen molar-refractivity contribution in [1.29, 1.82) is 5.26 Å². The van der Waals surface area contributed by atoms with Crippen LogP contribution in [0, 0.1) is 11.3 Å². The lowest BCUT2D eigenvalue weighted by atomic mass is 10.1. The van der Waals surface area contributed by atoms with Crippen molar-refractivity contribution in [2.45, 2.75) is 23.5 Å². The topological polar surface area (TPSA) is 92.5 Å². The van der Waals surface area contributed by atoms with Crippen LogP contribution in [0.15, 0.2) is 23.2 Å². The van der Waals surface area contributed by atoms with Crippen molar-refractivity contribution >= 4 is 10.0 Å². The average molecular weight is 309 g/mol. The number of hydrogen-bond donors (Lipinski definition) is 0. The number of hydrogen-bond acceptors (Lipinski definition) is 6. The van der Waals surface area contributed by atoms with Crippen LogP contribution < -0.4 is 0 Å². The molecule has 2 aliphatic heterocycles. The molecular weight excluding hydrogens is 294 g/mol. The van der Waals surface area contributed by atoms with Crippen molar-refractivity contribution in [3.05, 3.63) is 24.0 Å². The van der Waals surface area contributed by atoms with E-state index >= 15 is 0 Å². The van der Waals surface area contributed by atoms with Gasteiger partial charge in [0.15, 0.2) is 5.79 Å². The SMILES string of the molecule is N#Cc1ccc(S(=O)(=O)N2CCCC3(C2)OCCO3)cn1. The van der Waals surface area contributed by atoms with Crippen LogP contribution in [0.25, 0.3) is 0 Å². The molecule has 2 fully saturated rings. The zero-order valence-corrected chi connectivity index (χ0v) is 12.2. The first kappa shape index (κ1) is 14.4. The highest BCUT2D eigenvalue weighted by Gasteiger charge is 2.44. The number of pyridine rings is 1. The smallest absolute Gasteiger partial charge is 0.244 e. The normalized spacial score (nSPS) is 22.2. The van der Waals surface area contributed by atoms with E-state index in [-0.39, 0.29) is 17.1 Å². The molecule has 3 heterocycles. The maximum absolute atomic E-state index is 12.6. The van der Waals surface area contributed by atoms with Crippen molar-refractivity contribution in [1.82, 2.24) is 9.29 Å². The molecule has 2 aliphatic rings. The minimum atomic E-state index is -3.65. The Morgan fingerprint density at radius 2 is 2.10 bits per heavy atom. The van der Waals surface area contributed by atoms with Crippen LogP contribution in [0.4, 0.5) is 0 Å². The highest BCUT2D eigenvalue weighted by molar-refractivity contribution is 7.89. The number of piperidine rings is 1. The van der Waals surface area contributed by atoms with Crippen LogP contribution in [-0.2, 0) is 19.5 Å². The van der Waals surface area contributed by atoms with Gasteiger partial charge in [-0.2, -0.15) is 9.57 Å². The Morgan fingerprint density at radius 3 is 2.71 bits per heavy atom. The van der Waals surface area contributed by atoms with Crippen molar-refractivity contribution < 1.29 is 17.9 Å². The maximum Gasteiger partial charge on any atom is 0.244 e. The van der Waals surface area contributed by atoms with Gasteiger partial charge in [-0.05, 0) is 18.6 Å². The minimum absolute atomic E-state index is 0.0801. The molecule has 0 N–H and O–H groups in total. The molecule has 0 bridgehead atoms. The number of nitrogens with zero attached hydrogens (tertiary/aromatic N) is 3. The van der Waals surface area contributed by atoms with E-state index in [1.807, 2.05) is 6.07 Å². The number of ether oxygens (including phenoxy) is 2. The Kier molecular flexibility index (Phi) is 3.67. The molecule has 1 aromatic rings. The highest BCUT2D eigenvalue weighted by atomic mass is 32.2. The molecule has 112 valence electrons. The van der Waals surface area contributed by atoms with Gasteiger partial charge in [-0.25, -0.2) is 13.4 Å². The summed E-state index contributed by atoms with van der Waals surface area (Å²) in [6.45, 7) is 1.60. The highest BCUT2D eigenvalue weighted by Crippen LogP contribution is 2.32. The first-order valence-corrected chi connectivity index (χ1v) is 8.14. The summed E-state index contributed by atoms with van der Waals surface area (Å²) in [5, 5.41) is 8.71. The van der Waals surface area contributed by atoms with Crippen LogP contribution in [-0.4, -0.2) is 49.8 Å². The number of aromatic nitrogens is 1. The third kappa shape index (κ3) is 2.65. The van der Waals surface area contributed by atoms with Gasteiger partial charge in [-0.1, -0.05) is 0 Å². The monoisotopic (exact) mass is 309 g/mol. The Hall–Kier alpha value is -1.53. The fourth-order valence-electron chi connectivity index (χ4n) is 2.64.